The van der Waals surface area contributed by atoms with E-state index < -0.39 is 23.2 Å². The van der Waals surface area contributed by atoms with Crippen molar-refractivity contribution in [1.29, 1.82) is 0 Å². The Hall–Kier alpha value is -1.26. The lowest BCUT2D eigenvalue weighted by Gasteiger charge is -2.38. The topological polar surface area (TPSA) is 66.8 Å². The van der Waals surface area contributed by atoms with Crippen LogP contribution >= 0.6 is 0 Å². The normalized spacial score (nSPS) is 32.2. The van der Waals surface area contributed by atoms with Gasteiger partial charge < -0.3 is 9.84 Å². The quantitative estimate of drug-likeness (QED) is 0.736. The molecule has 1 aliphatic carbocycles. The fourth-order valence-electron chi connectivity index (χ4n) is 2.53. The highest BCUT2D eigenvalue weighted by Crippen LogP contribution is 2.51. The van der Waals surface area contributed by atoms with Crippen LogP contribution in [-0.4, -0.2) is 39.8 Å². The maximum absolute atomic E-state index is 11.8. The average Bonchev–Trinajstić information content (AvgIpc) is 2.51. The molecule has 1 saturated carbocycles. The maximum Gasteiger partial charge on any atom is 0.411 e. The fourth-order valence-corrected chi connectivity index (χ4v) is 2.53. The first-order valence-electron chi connectivity index (χ1n) is 5.49. The summed E-state index contributed by atoms with van der Waals surface area (Å²) in [7, 11) is 0. The molecule has 0 radical (unpaired) electrons. The van der Waals surface area contributed by atoms with Crippen molar-refractivity contribution in [3.05, 3.63) is 0 Å². The van der Waals surface area contributed by atoms with Gasteiger partial charge in [0.25, 0.3) is 0 Å². The molecule has 0 spiro atoms. The third-order valence-corrected chi connectivity index (χ3v) is 3.22. The summed E-state index contributed by atoms with van der Waals surface area (Å²) in [5.41, 5.74) is -1.56. The predicted octanol–water partition coefficient (Wildman–Crippen LogP) is 1.47. The van der Waals surface area contributed by atoms with Crippen LogP contribution in [0.4, 0.5) is 4.79 Å². The summed E-state index contributed by atoms with van der Waals surface area (Å²) >= 11 is 0. The molecule has 0 aromatic rings. The number of aliphatic carboxylic acids is 1. The molecule has 1 N–H and O–H groups in total. The van der Waals surface area contributed by atoms with Crippen molar-refractivity contribution in [3.8, 4) is 0 Å². The lowest BCUT2D eigenvalue weighted by Crippen LogP contribution is -2.55. The zero-order chi connectivity index (χ0) is 12.1. The molecule has 0 aromatic carbocycles. The Morgan fingerprint density at radius 3 is 2.38 bits per heavy atom. The van der Waals surface area contributed by atoms with E-state index in [-0.39, 0.29) is 0 Å². The second-order valence-corrected chi connectivity index (χ2v) is 5.70. The van der Waals surface area contributed by atoms with E-state index in [1.165, 1.54) is 4.90 Å². The van der Waals surface area contributed by atoms with Crippen molar-refractivity contribution in [1.82, 2.24) is 4.90 Å². The van der Waals surface area contributed by atoms with Gasteiger partial charge in [0.15, 0.2) is 0 Å². The lowest BCUT2D eigenvalue weighted by atomic mass is 9.73. The molecule has 3 fully saturated rings. The molecule has 1 amide bonds. The Morgan fingerprint density at radius 2 is 1.94 bits per heavy atom. The number of nitrogens with zero attached hydrogens (tertiary/aromatic N) is 1. The van der Waals surface area contributed by atoms with Gasteiger partial charge in [0.1, 0.15) is 11.1 Å². The average molecular weight is 227 g/mol. The van der Waals surface area contributed by atoms with Crippen LogP contribution in [0.1, 0.15) is 33.6 Å². The summed E-state index contributed by atoms with van der Waals surface area (Å²) in [5.74, 6) is -0.573. The molecule has 0 unspecified atom stereocenters. The van der Waals surface area contributed by atoms with E-state index >= 15 is 0 Å². The van der Waals surface area contributed by atoms with Crippen LogP contribution in [0, 0.1) is 5.92 Å². The summed E-state index contributed by atoms with van der Waals surface area (Å²) in [5, 5.41) is 9.18. The minimum absolute atomic E-state index is 0.337. The van der Waals surface area contributed by atoms with E-state index in [1.54, 1.807) is 20.8 Å². The number of carboxylic acid groups (broad SMARTS) is 1. The molecular weight excluding hydrogens is 210 g/mol. The van der Waals surface area contributed by atoms with Gasteiger partial charge in [0, 0.05) is 6.54 Å². The zero-order valence-electron chi connectivity index (χ0n) is 9.82. The van der Waals surface area contributed by atoms with E-state index in [1.807, 2.05) is 0 Å². The molecular formula is C11H17NO4. The lowest BCUT2D eigenvalue weighted by molar-refractivity contribution is -0.152. The van der Waals surface area contributed by atoms with Crippen molar-refractivity contribution in [2.75, 3.05) is 6.54 Å². The summed E-state index contributed by atoms with van der Waals surface area (Å²) in [6, 6.07) is 0. The number of ether oxygens (including phenoxy) is 1. The van der Waals surface area contributed by atoms with Crippen LogP contribution in [0.2, 0.25) is 0 Å². The minimum Gasteiger partial charge on any atom is -0.479 e. The molecule has 0 atom stereocenters. The second kappa shape index (κ2) is 3.12. The molecule has 2 bridgehead atoms. The van der Waals surface area contributed by atoms with Gasteiger partial charge in [-0.15, -0.1) is 0 Å². The number of carbonyl (C=O) groups is 2. The Labute approximate surface area is 94.4 Å². The van der Waals surface area contributed by atoms with E-state index in [9.17, 15) is 14.7 Å². The van der Waals surface area contributed by atoms with Crippen molar-refractivity contribution in [2.45, 2.75) is 44.8 Å². The van der Waals surface area contributed by atoms with E-state index in [2.05, 4.69) is 0 Å². The highest BCUT2D eigenvalue weighted by atomic mass is 16.6. The first kappa shape index (κ1) is 11.2. The fraction of sp³-hybridized carbons (Fsp3) is 0.818. The number of hydrogen-bond donors (Lipinski definition) is 1. The van der Waals surface area contributed by atoms with Crippen molar-refractivity contribution >= 4 is 12.1 Å². The SMILES string of the molecule is CC(C)(C)OC(=O)N1CC2CC1(C(=O)O)C2. The highest BCUT2D eigenvalue weighted by molar-refractivity contribution is 5.87. The van der Waals surface area contributed by atoms with Gasteiger partial charge in [-0.05, 0) is 39.5 Å². The van der Waals surface area contributed by atoms with Crippen LogP contribution in [-0.2, 0) is 9.53 Å². The third-order valence-electron chi connectivity index (χ3n) is 3.22. The van der Waals surface area contributed by atoms with Gasteiger partial charge in [-0.3, -0.25) is 4.90 Å². The Kier molecular flexibility index (Phi) is 2.19. The molecule has 2 heterocycles. The summed E-state index contributed by atoms with van der Waals surface area (Å²) in [6.45, 7) is 5.84. The number of rotatable bonds is 1. The smallest absolute Gasteiger partial charge is 0.411 e. The Morgan fingerprint density at radius 1 is 1.38 bits per heavy atom. The number of fused-ring (bicyclic) bond motifs is 1. The minimum atomic E-state index is -0.979. The first-order valence-corrected chi connectivity index (χ1v) is 5.49. The van der Waals surface area contributed by atoms with Gasteiger partial charge in [-0.1, -0.05) is 0 Å². The third kappa shape index (κ3) is 1.54. The summed E-state index contributed by atoms with van der Waals surface area (Å²) in [4.78, 5) is 24.4. The first-order chi connectivity index (χ1) is 7.24. The number of carboxylic acids is 1. The Bertz CT molecular complexity index is 338. The van der Waals surface area contributed by atoms with Crippen molar-refractivity contribution in [3.63, 3.8) is 0 Å². The van der Waals surface area contributed by atoms with Gasteiger partial charge in [-0.2, -0.15) is 0 Å². The van der Waals surface area contributed by atoms with Gasteiger partial charge >= 0.3 is 12.1 Å². The van der Waals surface area contributed by atoms with Crippen LogP contribution in [0.25, 0.3) is 0 Å². The van der Waals surface area contributed by atoms with Gasteiger partial charge in [0.2, 0.25) is 0 Å². The van der Waals surface area contributed by atoms with Crippen molar-refractivity contribution < 1.29 is 19.4 Å². The summed E-state index contributed by atoms with van der Waals surface area (Å²) < 4.78 is 5.22. The van der Waals surface area contributed by atoms with E-state index in [4.69, 9.17) is 4.74 Å². The Balaban J connectivity index is 2.11. The molecule has 0 aromatic heterocycles. The van der Waals surface area contributed by atoms with Crippen LogP contribution in [0.3, 0.4) is 0 Å². The van der Waals surface area contributed by atoms with Gasteiger partial charge in [0.05, 0.1) is 0 Å². The molecule has 3 aliphatic rings. The standard InChI is InChI=1S/C11H17NO4/c1-10(2,3)16-9(15)12-6-7-4-11(12,5-7)8(13)14/h7H,4-6H2,1-3H3,(H,13,14). The molecule has 5 heteroatoms. The molecule has 3 rings (SSSR count). The van der Waals surface area contributed by atoms with Crippen LogP contribution in [0.5, 0.6) is 0 Å². The number of hydrogen-bond acceptors (Lipinski definition) is 3. The predicted molar refractivity (Wildman–Crippen MR) is 56.0 cm³/mol. The molecule has 2 aliphatic heterocycles. The molecule has 2 saturated heterocycles. The highest BCUT2D eigenvalue weighted by Gasteiger charge is 2.63. The number of carbonyl (C=O) groups excluding carboxylic acids is 1. The van der Waals surface area contributed by atoms with Crippen LogP contribution < -0.4 is 0 Å². The largest absolute Gasteiger partial charge is 0.479 e. The van der Waals surface area contributed by atoms with Crippen molar-refractivity contribution in [2.24, 2.45) is 5.92 Å². The zero-order valence-corrected chi connectivity index (χ0v) is 9.82. The second-order valence-electron chi connectivity index (χ2n) is 5.70. The number of amides is 1. The molecule has 90 valence electrons. The molecule has 16 heavy (non-hydrogen) atoms. The van der Waals surface area contributed by atoms with Crippen LogP contribution in [0.15, 0.2) is 0 Å². The van der Waals surface area contributed by atoms with E-state index in [0.29, 0.717) is 25.3 Å². The summed E-state index contributed by atoms with van der Waals surface area (Å²) in [6.07, 6.45) is 0.637. The van der Waals surface area contributed by atoms with Gasteiger partial charge in [-0.25, -0.2) is 9.59 Å². The molecule has 5 nitrogen and oxygen atoms in total. The monoisotopic (exact) mass is 227 g/mol. The van der Waals surface area contributed by atoms with E-state index in [0.717, 1.165) is 0 Å². The maximum atomic E-state index is 11.8.